The first-order chi connectivity index (χ1) is 10.0. The van der Waals surface area contributed by atoms with E-state index >= 15 is 0 Å². The number of hydrogen-bond acceptors (Lipinski definition) is 5. The van der Waals surface area contributed by atoms with Crippen LogP contribution >= 0.6 is 11.3 Å². The molecule has 0 saturated heterocycles. The molecule has 0 aliphatic carbocycles. The van der Waals surface area contributed by atoms with Crippen LogP contribution in [0.2, 0.25) is 0 Å². The normalized spacial score (nSPS) is 12.2. The Bertz CT molecular complexity index is 620. The lowest BCUT2D eigenvalue weighted by Gasteiger charge is -2.13. The van der Waals surface area contributed by atoms with Gasteiger partial charge in [0.15, 0.2) is 0 Å². The van der Waals surface area contributed by atoms with Gasteiger partial charge in [0.1, 0.15) is 0 Å². The third-order valence-electron chi connectivity index (χ3n) is 3.32. The van der Waals surface area contributed by atoms with Crippen molar-refractivity contribution in [2.24, 2.45) is 0 Å². The molecule has 5 heteroatoms. The zero-order chi connectivity index (χ0) is 15.4. The minimum absolute atomic E-state index is 0.261. The molecule has 112 valence electrons. The molecule has 1 heterocycles. The summed E-state index contributed by atoms with van der Waals surface area (Å²) in [6.45, 7) is 6.96. The van der Waals surface area contributed by atoms with Crippen LogP contribution in [0.4, 0.5) is 0 Å². The van der Waals surface area contributed by atoms with Crippen molar-refractivity contribution < 1.29 is 9.53 Å². The number of thiazole rings is 1. The topological polar surface area (TPSA) is 51.2 Å². The average molecular weight is 304 g/mol. The number of benzene rings is 1. The number of carbonyl (C=O) groups is 1. The highest BCUT2D eigenvalue weighted by molar-refractivity contribution is 7.11. The Balaban J connectivity index is 1.96. The van der Waals surface area contributed by atoms with Gasteiger partial charge in [-0.3, -0.25) is 0 Å². The van der Waals surface area contributed by atoms with Gasteiger partial charge in [-0.2, -0.15) is 0 Å². The lowest BCUT2D eigenvalue weighted by Crippen LogP contribution is -2.18. The van der Waals surface area contributed by atoms with E-state index in [4.69, 9.17) is 0 Å². The van der Waals surface area contributed by atoms with E-state index in [9.17, 15) is 4.79 Å². The van der Waals surface area contributed by atoms with Crippen molar-refractivity contribution in [2.45, 2.75) is 33.4 Å². The largest absolute Gasteiger partial charge is 0.465 e. The van der Waals surface area contributed by atoms with E-state index in [1.807, 2.05) is 26.0 Å². The number of ether oxygens (including phenoxy) is 1. The first-order valence-corrected chi connectivity index (χ1v) is 7.67. The predicted octanol–water partition coefficient (Wildman–Crippen LogP) is 3.40. The number of rotatable bonds is 5. The minimum Gasteiger partial charge on any atom is -0.465 e. The van der Waals surface area contributed by atoms with E-state index < -0.39 is 0 Å². The molecule has 0 amide bonds. The number of aryl methyl sites for hydroxylation is 2. The summed E-state index contributed by atoms with van der Waals surface area (Å²) in [6.07, 6.45) is 0. The number of aromatic nitrogens is 1. The molecular formula is C16H20N2O2S. The summed E-state index contributed by atoms with van der Waals surface area (Å²) in [5.74, 6) is -0.307. The van der Waals surface area contributed by atoms with E-state index in [1.54, 1.807) is 23.5 Å². The highest BCUT2D eigenvalue weighted by atomic mass is 32.1. The molecule has 1 N–H and O–H groups in total. The Hall–Kier alpha value is -1.72. The van der Waals surface area contributed by atoms with Crippen LogP contribution in [0.1, 0.15) is 44.5 Å². The maximum atomic E-state index is 11.4. The van der Waals surface area contributed by atoms with Gasteiger partial charge in [0, 0.05) is 17.5 Å². The van der Waals surface area contributed by atoms with Gasteiger partial charge < -0.3 is 10.1 Å². The molecule has 1 aromatic heterocycles. The third-order valence-corrected chi connectivity index (χ3v) is 4.58. The molecule has 0 aliphatic rings. The summed E-state index contributed by atoms with van der Waals surface area (Å²) in [5.41, 5.74) is 2.80. The summed E-state index contributed by atoms with van der Waals surface area (Å²) in [7, 11) is 1.39. The Kier molecular flexibility index (Phi) is 5.09. The van der Waals surface area contributed by atoms with Crippen LogP contribution in [0.5, 0.6) is 0 Å². The lowest BCUT2D eigenvalue weighted by molar-refractivity contribution is 0.0600. The number of nitrogens with one attached hydrogen (secondary N) is 1. The van der Waals surface area contributed by atoms with E-state index in [2.05, 4.69) is 22.0 Å². The predicted molar refractivity (Wildman–Crippen MR) is 84.6 cm³/mol. The number of nitrogens with zero attached hydrogens (tertiary/aromatic N) is 1. The van der Waals surface area contributed by atoms with Gasteiger partial charge in [0.05, 0.1) is 23.4 Å². The lowest BCUT2D eigenvalue weighted by atomic mass is 10.1. The summed E-state index contributed by atoms with van der Waals surface area (Å²) < 4.78 is 4.69. The molecule has 0 fully saturated rings. The molecule has 0 bridgehead atoms. The fourth-order valence-electron chi connectivity index (χ4n) is 2.19. The summed E-state index contributed by atoms with van der Waals surface area (Å²) in [4.78, 5) is 17.1. The second-order valence-corrected chi connectivity index (χ2v) is 6.21. The zero-order valence-corrected chi connectivity index (χ0v) is 13.6. The van der Waals surface area contributed by atoms with Gasteiger partial charge in [-0.05, 0) is 38.5 Å². The molecule has 0 spiro atoms. The average Bonchev–Trinajstić information content (AvgIpc) is 2.83. The van der Waals surface area contributed by atoms with Gasteiger partial charge in [-0.1, -0.05) is 12.1 Å². The minimum atomic E-state index is -0.307. The SMILES string of the molecule is COC(=O)c1ccc(CNC(C)c2sc(C)nc2C)cc1. The number of hydrogen-bond donors (Lipinski definition) is 1. The maximum absolute atomic E-state index is 11.4. The van der Waals surface area contributed by atoms with Crippen LogP contribution in [-0.2, 0) is 11.3 Å². The first-order valence-electron chi connectivity index (χ1n) is 6.86. The van der Waals surface area contributed by atoms with E-state index in [0.717, 1.165) is 22.8 Å². The standard InChI is InChI=1S/C16H20N2O2S/c1-10(15-11(2)18-12(3)21-15)17-9-13-5-7-14(8-6-13)16(19)20-4/h5-8,10,17H,9H2,1-4H3. The molecular weight excluding hydrogens is 284 g/mol. The van der Waals surface area contributed by atoms with Crippen LogP contribution in [0.15, 0.2) is 24.3 Å². The Labute approximate surface area is 129 Å². The smallest absolute Gasteiger partial charge is 0.337 e. The molecule has 1 unspecified atom stereocenters. The van der Waals surface area contributed by atoms with Gasteiger partial charge in [-0.25, -0.2) is 9.78 Å². The molecule has 0 saturated carbocycles. The second-order valence-electron chi connectivity index (χ2n) is 4.97. The van der Waals surface area contributed by atoms with Crippen molar-refractivity contribution in [3.63, 3.8) is 0 Å². The van der Waals surface area contributed by atoms with Crippen molar-refractivity contribution in [3.8, 4) is 0 Å². The highest BCUT2D eigenvalue weighted by Gasteiger charge is 2.12. The number of methoxy groups -OCH3 is 1. The monoisotopic (exact) mass is 304 g/mol. The van der Waals surface area contributed by atoms with Crippen molar-refractivity contribution in [1.82, 2.24) is 10.3 Å². The Morgan fingerprint density at radius 2 is 2.00 bits per heavy atom. The highest BCUT2D eigenvalue weighted by Crippen LogP contribution is 2.24. The van der Waals surface area contributed by atoms with Gasteiger partial charge in [0.25, 0.3) is 0 Å². The second kappa shape index (κ2) is 6.83. The van der Waals surface area contributed by atoms with Crippen molar-refractivity contribution in [2.75, 3.05) is 7.11 Å². The van der Waals surface area contributed by atoms with Gasteiger partial charge in [0.2, 0.25) is 0 Å². The Morgan fingerprint density at radius 1 is 1.33 bits per heavy atom. The number of carbonyl (C=O) groups excluding carboxylic acids is 1. The van der Waals surface area contributed by atoms with Gasteiger partial charge >= 0.3 is 5.97 Å². The maximum Gasteiger partial charge on any atom is 0.337 e. The van der Waals surface area contributed by atoms with Crippen molar-refractivity contribution in [1.29, 1.82) is 0 Å². The van der Waals surface area contributed by atoms with Crippen LogP contribution < -0.4 is 5.32 Å². The van der Waals surface area contributed by atoms with E-state index in [-0.39, 0.29) is 12.0 Å². The van der Waals surface area contributed by atoms with Crippen LogP contribution in [0.3, 0.4) is 0 Å². The zero-order valence-electron chi connectivity index (χ0n) is 12.8. The summed E-state index contributed by atoms with van der Waals surface area (Å²) in [6, 6.07) is 7.72. The molecule has 21 heavy (non-hydrogen) atoms. The number of esters is 1. The molecule has 1 aromatic carbocycles. The fourth-order valence-corrected chi connectivity index (χ4v) is 3.14. The molecule has 2 aromatic rings. The van der Waals surface area contributed by atoms with Crippen LogP contribution in [0, 0.1) is 13.8 Å². The van der Waals surface area contributed by atoms with Crippen LogP contribution in [0.25, 0.3) is 0 Å². The van der Waals surface area contributed by atoms with E-state index in [0.29, 0.717) is 5.56 Å². The summed E-state index contributed by atoms with van der Waals surface area (Å²) >= 11 is 1.73. The first kappa shape index (κ1) is 15.7. The summed E-state index contributed by atoms with van der Waals surface area (Å²) in [5, 5.41) is 4.58. The molecule has 4 nitrogen and oxygen atoms in total. The molecule has 1 atom stereocenters. The molecule has 0 radical (unpaired) electrons. The Morgan fingerprint density at radius 3 is 2.52 bits per heavy atom. The molecule has 0 aliphatic heterocycles. The third kappa shape index (κ3) is 3.89. The van der Waals surface area contributed by atoms with Crippen molar-refractivity contribution in [3.05, 3.63) is 51.0 Å². The van der Waals surface area contributed by atoms with Crippen LogP contribution in [-0.4, -0.2) is 18.1 Å². The van der Waals surface area contributed by atoms with E-state index in [1.165, 1.54) is 12.0 Å². The fraction of sp³-hybridized carbons (Fsp3) is 0.375. The molecule has 2 rings (SSSR count). The van der Waals surface area contributed by atoms with Crippen molar-refractivity contribution >= 4 is 17.3 Å². The van der Waals surface area contributed by atoms with Gasteiger partial charge in [-0.15, -0.1) is 11.3 Å². The quantitative estimate of drug-likeness (QED) is 0.860.